The fourth-order valence-electron chi connectivity index (χ4n) is 3.42. The molecule has 0 bridgehead atoms. The number of hydrogen-bond donors (Lipinski definition) is 1. The third-order valence-electron chi connectivity index (χ3n) is 4.68. The van der Waals surface area contributed by atoms with Crippen LogP contribution in [0.1, 0.15) is 85.0 Å². The average molecular weight is 239 g/mol. The van der Waals surface area contributed by atoms with Crippen LogP contribution in [-0.4, -0.2) is 6.54 Å². The Morgan fingerprint density at radius 2 is 1.71 bits per heavy atom. The first kappa shape index (κ1) is 15.0. The Kier molecular flexibility index (Phi) is 5.99. The van der Waals surface area contributed by atoms with Crippen LogP contribution in [0.25, 0.3) is 0 Å². The predicted molar refractivity (Wildman–Crippen MR) is 77.1 cm³/mol. The maximum absolute atomic E-state index is 5.95. The normalized spacial score (nSPS) is 21.2. The zero-order valence-corrected chi connectivity index (χ0v) is 12.4. The van der Waals surface area contributed by atoms with E-state index in [-0.39, 0.29) is 0 Å². The second kappa shape index (κ2) is 6.78. The molecule has 1 nitrogen and oxygen atoms in total. The molecule has 1 aliphatic carbocycles. The van der Waals surface area contributed by atoms with Crippen molar-refractivity contribution in [2.24, 2.45) is 16.6 Å². The van der Waals surface area contributed by atoms with Crippen LogP contribution < -0.4 is 5.73 Å². The Labute approximate surface area is 109 Å². The van der Waals surface area contributed by atoms with Crippen molar-refractivity contribution in [3.05, 3.63) is 0 Å². The van der Waals surface area contributed by atoms with E-state index in [1.807, 2.05) is 0 Å². The SMILES string of the molecule is CCCCCCC(C)(CCC)CC1(CN)CC1. The first-order valence-corrected chi connectivity index (χ1v) is 7.80. The molecule has 0 heterocycles. The first-order chi connectivity index (χ1) is 8.10. The lowest BCUT2D eigenvalue weighted by Gasteiger charge is -2.33. The van der Waals surface area contributed by atoms with E-state index in [1.165, 1.54) is 64.2 Å². The van der Waals surface area contributed by atoms with Gasteiger partial charge in [-0.3, -0.25) is 0 Å². The molecule has 0 spiro atoms. The van der Waals surface area contributed by atoms with Gasteiger partial charge in [0.15, 0.2) is 0 Å². The molecule has 0 aromatic heterocycles. The molecule has 2 N–H and O–H groups in total. The molecule has 102 valence electrons. The van der Waals surface area contributed by atoms with Gasteiger partial charge in [-0.25, -0.2) is 0 Å². The summed E-state index contributed by atoms with van der Waals surface area (Å²) in [6.07, 6.45) is 13.9. The average Bonchev–Trinajstić information content (AvgIpc) is 3.05. The quantitative estimate of drug-likeness (QED) is 0.540. The van der Waals surface area contributed by atoms with Gasteiger partial charge >= 0.3 is 0 Å². The van der Waals surface area contributed by atoms with Gasteiger partial charge in [0.05, 0.1) is 0 Å². The number of nitrogens with two attached hydrogens (primary N) is 1. The van der Waals surface area contributed by atoms with E-state index in [9.17, 15) is 0 Å². The van der Waals surface area contributed by atoms with E-state index < -0.39 is 0 Å². The van der Waals surface area contributed by atoms with Crippen LogP contribution in [0.4, 0.5) is 0 Å². The third kappa shape index (κ3) is 4.99. The van der Waals surface area contributed by atoms with E-state index in [2.05, 4.69) is 20.8 Å². The topological polar surface area (TPSA) is 26.0 Å². The maximum Gasteiger partial charge on any atom is -0.00203 e. The van der Waals surface area contributed by atoms with Gasteiger partial charge in [0.25, 0.3) is 0 Å². The minimum absolute atomic E-state index is 0.550. The third-order valence-corrected chi connectivity index (χ3v) is 4.68. The van der Waals surface area contributed by atoms with Crippen LogP contribution in [0, 0.1) is 10.8 Å². The lowest BCUT2D eigenvalue weighted by atomic mass is 9.72. The van der Waals surface area contributed by atoms with Gasteiger partial charge < -0.3 is 5.73 Å². The Morgan fingerprint density at radius 1 is 1.00 bits per heavy atom. The summed E-state index contributed by atoms with van der Waals surface area (Å²) in [5.41, 5.74) is 7.07. The lowest BCUT2D eigenvalue weighted by Crippen LogP contribution is -2.26. The summed E-state index contributed by atoms with van der Waals surface area (Å²) >= 11 is 0. The molecule has 0 aromatic carbocycles. The molecule has 0 amide bonds. The summed E-state index contributed by atoms with van der Waals surface area (Å²) in [4.78, 5) is 0. The smallest absolute Gasteiger partial charge is 0.00203 e. The van der Waals surface area contributed by atoms with Crippen LogP contribution in [0.2, 0.25) is 0 Å². The lowest BCUT2D eigenvalue weighted by molar-refractivity contribution is 0.186. The van der Waals surface area contributed by atoms with Gasteiger partial charge in [-0.15, -0.1) is 0 Å². The molecule has 1 heteroatoms. The maximum atomic E-state index is 5.95. The van der Waals surface area contributed by atoms with Crippen molar-refractivity contribution in [3.8, 4) is 0 Å². The highest BCUT2D eigenvalue weighted by Gasteiger charge is 2.45. The molecule has 1 unspecified atom stereocenters. The second-order valence-corrected chi connectivity index (χ2v) is 6.75. The molecular formula is C16H33N. The van der Waals surface area contributed by atoms with Gasteiger partial charge in [0.1, 0.15) is 0 Å². The van der Waals surface area contributed by atoms with Gasteiger partial charge in [-0.1, -0.05) is 52.9 Å². The van der Waals surface area contributed by atoms with Crippen LogP contribution in [0.3, 0.4) is 0 Å². The predicted octanol–water partition coefficient (Wildman–Crippen LogP) is 4.89. The largest absolute Gasteiger partial charge is 0.330 e. The molecule has 0 aromatic rings. The highest BCUT2D eigenvalue weighted by atomic mass is 14.7. The fourth-order valence-corrected chi connectivity index (χ4v) is 3.42. The number of unbranched alkanes of at least 4 members (excludes halogenated alkanes) is 3. The Morgan fingerprint density at radius 3 is 2.18 bits per heavy atom. The highest BCUT2D eigenvalue weighted by Crippen LogP contribution is 2.54. The Balaban J connectivity index is 2.38. The molecule has 1 fully saturated rings. The summed E-state index contributed by atoms with van der Waals surface area (Å²) in [5, 5.41) is 0. The first-order valence-electron chi connectivity index (χ1n) is 7.80. The molecule has 0 saturated heterocycles. The molecular weight excluding hydrogens is 206 g/mol. The van der Waals surface area contributed by atoms with Crippen molar-refractivity contribution in [3.63, 3.8) is 0 Å². The zero-order chi connectivity index (χ0) is 12.8. The summed E-state index contributed by atoms with van der Waals surface area (Å²) in [6.45, 7) is 8.05. The van der Waals surface area contributed by atoms with Crippen LogP contribution in [0.15, 0.2) is 0 Å². The summed E-state index contributed by atoms with van der Waals surface area (Å²) in [6, 6.07) is 0. The van der Waals surface area contributed by atoms with E-state index in [0.717, 1.165) is 6.54 Å². The Bertz CT molecular complexity index is 208. The van der Waals surface area contributed by atoms with Crippen molar-refractivity contribution < 1.29 is 0 Å². The van der Waals surface area contributed by atoms with Gasteiger partial charge in [-0.2, -0.15) is 0 Å². The molecule has 1 atom stereocenters. The van der Waals surface area contributed by atoms with Gasteiger partial charge in [0, 0.05) is 0 Å². The zero-order valence-electron chi connectivity index (χ0n) is 12.4. The molecule has 0 radical (unpaired) electrons. The molecule has 1 aliphatic rings. The van der Waals surface area contributed by atoms with Gasteiger partial charge in [-0.05, 0) is 49.5 Å². The fraction of sp³-hybridized carbons (Fsp3) is 1.00. The molecule has 0 aliphatic heterocycles. The summed E-state index contributed by atoms with van der Waals surface area (Å²) in [5.74, 6) is 0. The van der Waals surface area contributed by atoms with Crippen LogP contribution in [0.5, 0.6) is 0 Å². The molecule has 1 saturated carbocycles. The monoisotopic (exact) mass is 239 g/mol. The van der Waals surface area contributed by atoms with Crippen molar-refractivity contribution in [2.45, 2.75) is 85.0 Å². The number of hydrogen-bond acceptors (Lipinski definition) is 1. The van der Waals surface area contributed by atoms with Crippen LogP contribution >= 0.6 is 0 Å². The second-order valence-electron chi connectivity index (χ2n) is 6.75. The Hall–Kier alpha value is -0.0400. The van der Waals surface area contributed by atoms with Crippen LogP contribution in [-0.2, 0) is 0 Å². The summed E-state index contributed by atoms with van der Waals surface area (Å²) < 4.78 is 0. The van der Waals surface area contributed by atoms with E-state index in [1.54, 1.807) is 0 Å². The minimum Gasteiger partial charge on any atom is -0.330 e. The van der Waals surface area contributed by atoms with Gasteiger partial charge in [0.2, 0.25) is 0 Å². The summed E-state index contributed by atoms with van der Waals surface area (Å²) in [7, 11) is 0. The van der Waals surface area contributed by atoms with Crippen molar-refractivity contribution in [1.29, 1.82) is 0 Å². The minimum atomic E-state index is 0.550. The van der Waals surface area contributed by atoms with Crippen molar-refractivity contribution >= 4 is 0 Å². The highest BCUT2D eigenvalue weighted by molar-refractivity contribution is 4.98. The number of rotatable bonds is 10. The van der Waals surface area contributed by atoms with E-state index in [4.69, 9.17) is 5.73 Å². The van der Waals surface area contributed by atoms with Crippen molar-refractivity contribution in [1.82, 2.24) is 0 Å². The molecule has 17 heavy (non-hydrogen) atoms. The standard InChI is InChI=1S/C16H33N/c1-4-6-7-8-10-15(3,9-5-2)13-16(14-17)11-12-16/h4-14,17H2,1-3H3. The van der Waals surface area contributed by atoms with Crippen molar-refractivity contribution in [2.75, 3.05) is 6.54 Å². The molecule has 1 rings (SSSR count). The van der Waals surface area contributed by atoms with E-state index >= 15 is 0 Å². The van der Waals surface area contributed by atoms with E-state index in [0.29, 0.717) is 10.8 Å².